The number of carboxylic acid groups (broad SMARTS) is 1. The largest absolute Gasteiger partial charge is 0.481 e. The summed E-state index contributed by atoms with van der Waals surface area (Å²) in [5.41, 5.74) is -0.841. The Morgan fingerprint density at radius 3 is 2.44 bits per heavy atom. The Morgan fingerprint density at radius 2 is 2.00 bits per heavy atom. The average Bonchev–Trinajstić information content (AvgIpc) is 2.22. The third kappa shape index (κ3) is 5.70. The molecule has 0 aromatic heterocycles. The van der Waals surface area contributed by atoms with E-state index in [4.69, 9.17) is 9.84 Å². The molecule has 94 valence electrons. The van der Waals surface area contributed by atoms with Gasteiger partial charge in [-0.05, 0) is 26.2 Å². The van der Waals surface area contributed by atoms with Crippen molar-refractivity contribution in [2.45, 2.75) is 39.2 Å². The Morgan fingerprint density at radius 1 is 1.44 bits per heavy atom. The molecule has 1 unspecified atom stereocenters. The smallest absolute Gasteiger partial charge is 0.303 e. The molecule has 0 spiro atoms. The average molecular weight is 231 g/mol. The fourth-order valence-corrected chi connectivity index (χ4v) is 1.04. The van der Waals surface area contributed by atoms with Crippen LogP contribution >= 0.6 is 0 Å². The van der Waals surface area contributed by atoms with Crippen molar-refractivity contribution in [1.82, 2.24) is 5.32 Å². The van der Waals surface area contributed by atoms with Crippen molar-refractivity contribution in [1.29, 1.82) is 0 Å². The lowest BCUT2D eigenvalue weighted by Gasteiger charge is -2.22. The summed E-state index contributed by atoms with van der Waals surface area (Å²) in [5.74, 6) is -0.847. The van der Waals surface area contributed by atoms with Gasteiger partial charge in [0.1, 0.15) is 5.60 Å². The summed E-state index contributed by atoms with van der Waals surface area (Å²) in [5, 5.41) is 11.2. The van der Waals surface area contributed by atoms with Crippen molar-refractivity contribution in [3.63, 3.8) is 0 Å². The van der Waals surface area contributed by atoms with Gasteiger partial charge in [0.05, 0.1) is 0 Å². The van der Waals surface area contributed by atoms with Crippen LogP contribution in [0, 0.1) is 5.92 Å². The molecule has 5 heteroatoms. The molecular weight excluding hydrogens is 210 g/mol. The summed E-state index contributed by atoms with van der Waals surface area (Å²) in [6.45, 7) is 5.75. The molecule has 16 heavy (non-hydrogen) atoms. The second-order valence-corrected chi connectivity index (χ2v) is 4.46. The summed E-state index contributed by atoms with van der Waals surface area (Å²) >= 11 is 0. The van der Waals surface area contributed by atoms with E-state index in [0.29, 0.717) is 13.0 Å². The molecular formula is C11H21NO4. The molecule has 1 amide bonds. The van der Waals surface area contributed by atoms with Gasteiger partial charge in [0, 0.05) is 20.1 Å². The Kier molecular flexibility index (Phi) is 6.03. The standard InChI is InChI=1S/C11H21NO4/c1-8(5-6-9(13)14)7-12-10(15)11(2,3)16-4/h8H,5-7H2,1-4H3,(H,12,15)(H,13,14). The third-order valence-corrected chi connectivity index (χ3v) is 2.52. The highest BCUT2D eigenvalue weighted by molar-refractivity contribution is 5.84. The quantitative estimate of drug-likeness (QED) is 0.686. The van der Waals surface area contributed by atoms with Crippen molar-refractivity contribution < 1.29 is 19.4 Å². The topological polar surface area (TPSA) is 75.6 Å². The summed E-state index contributed by atoms with van der Waals surface area (Å²) in [6, 6.07) is 0. The molecule has 0 aliphatic rings. The number of aliphatic carboxylic acids is 1. The second kappa shape index (κ2) is 6.48. The highest BCUT2D eigenvalue weighted by Crippen LogP contribution is 2.08. The van der Waals surface area contributed by atoms with Crippen molar-refractivity contribution >= 4 is 11.9 Å². The first-order chi connectivity index (χ1) is 7.29. The van der Waals surface area contributed by atoms with Gasteiger partial charge in [-0.2, -0.15) is 0 Å². The molecule has 1 atom stereocenters. The second-order valence-electron chi connectivity index (χ2n) is 4.46. The van der Waals surface area contributed by atoms with Crippen molar-refractivity contribution in [2.75, 3.05) is 13.7 Å². The number of carbonyl (C=O) groups excluding carboxylic acids is 1. The van der Waals surface area contributed by atoms with Crippen molar-refractivity contribution in [3.8, 4) is 0 Å². The predicted molar refractivity (Wildman–Crippen MR) is 60.1 cm³/mol. The van der Waals surface area contributed by atoms with E-state index in [1.165, 1.54) is 7.11 Å². The number of hydrogen-bond acceptors (Lipinski definition) is 3. The first-order valence-corrected chi connectivity index (χ1v) is 5.35. The number of nitrogens with one attached hydrogen (secondary N) is 1. The molecule has 5 nitrogen and oxygen atoms in total. The fraction of sp³-hybridized carbons (Fsp3) is 0.818. The van der Waals surface area contributed by atoms with E-state index in [1.807, 2.05) is 6.92 Å². The molecule has 0 saturated carbocycles. The molecule has 0 radical (unpaired) electrons. The first-order valence-electron chi connectivity index (χ1n) is 5.35. The van der Waals surface area contributed by atoms with E-state index >= 15 is 0 Å². The summed E-state index contributed by atoms with van der Waals surface area (Å²) in [6.07, 6.45) is 0.688. The van der Waals surface area contributed by atoms with Gasteiger partial charge in [0.15, 0.2) is 0 Å². The summed E-state index contributed by atoms with van der Waals surface area (Å²) in [7, 11) is 1.48. The number of ether oxygens (including phenoxy) is 1. The Bertz CT molecular complexity index is 250. The van der Waals surface area contributed by atoms with Crippen LogP contribution in [0.5, 0.6) is 0 Å². The van der Waals surface area contributed by atoms with Crippen LogP contribution in [0.1, 0.15) is 33.6 Å². The van der Waals surface area contributed by atoms with Crippen LogP contribution < -0.4 is 5.32 Å². The molecule has 0 aromatic carbocycles. The maximum atomic E-state index is 11.6. The number of methoxy groups -OCH3 is 1. The number of amides is 1. The van der Waals surface area contributed by atoms with Gasteiger partial charge in [0.25, 0.3) is 5.91 Å². The van der Waals surface area contributed by atoms with E-state index in [2.05, 4.69) is 5.32 Å². The number of carboxylic acids is 1. The zero-order chi connectivity index (χ0) is 12.8. The monoisotopic (exact) mass is 231 g/mol. The Labute approximate surface area is 96.2 Å². The normalized spacial score (nSPS) is 13.2. The SMILES string of the molecule is COC(C)(C)C(=O)NCC(C)CCC(=O)O. The van der Waals surface area contributed by atoms with E-state index < -0.39 is 11.6 Å². The molecule has 0 aliphatic heterocycles. The van der Waals surface area contributed by atoms with Crippen LogP contribution in [-0.2, 0) is 14.3 Å². The van der Waals surface area contributed by atoms with Crippen LogP contribution in [0.25, 0.3) is 0 Å². The lowest BCUT2D eigenvalue weighted by atomic mass is 10.0. The maximum Gasteiger partial charge on any atom is 0.303 e. The van der Waals surface area contributed by atoms with E-state index in [-0.39, 0.29) is 18.2 Å². The van der Waals surface area contributed by atoms with Gasteiger partial charge in [-0.25, -0.2) is 0 Å². The molecule has 2 N–H and O–H groups in total. The molecule has 0 fully saturated rings. The minimum Gasteiger partial charge on any atom is -0.481 e. The fourth-order valence-electron chi connectivity index (χ4n) is 1.04. The Hall–Kier alpha value is -1.10. The van der Waals surface area contributed by atoms with Gasteiger partial charge >= 0.3 is 5.97 Å². The van der Waals surface area contributed by atoms with Gasteiger partial charge in [0.2, 0.25) is 0 Å². The molecule has 0 rings (SSSR count). The van der Waals surface area contributed by atoms with Gasteiger partial charge in [-0.1, -0.05) is 6.92 Å². The van der Waals surface area contributed by atoms with Gasteiger partial charge in [-0.3, -0.25) is 9.59 Å². The van der Waals surface area contributed by atoms with Crippen LogP contribution in [0.2, 0.25) is 0 Å². The van der Waals surface area contributed by atoms with Crippen LogP contribution in [0.3, 0.4) is 0 Å². The number of hydrogen-bond donors (Lipinski definition) is 2. The molecule has 0 aromatic rings. The summed E-state index contributed by atoms with van der Waals surface area (Å²) < 4.78 is 5.02. The van der Waals surface area contributed by atoms with Crippen LogP contribution in [-0.4, -0.2) is 36.2 Å². The van der Waals surface area contributed by atoms with E-state index in [1.54, 1.807) is 13.8 Å². The van der Waals surface area contributed by atoms with E-state index in [9.17, 15) is 9.59 Å². The zero-order valence-electron chi connectivity index (χ0n) is 10.4. The van der Waals surface area contributed by atoms with Gasteiger partial charge < -0.3 is 15.2 Å². The van der Waals surface area contributed by atoms with Gasteiger partial charge in [-0.15, -0.1) is 0 Å². The predicted octanol–water partition coefficient (Wildman–Crippen LogP) is 1.03. The third-order valence-electron chi connectivity index (χ3n) is 2.52. The first kappa shape index (κ1) is 14.9. The minimum absolute atomic E-state index is 0.130. The van der Waals surface area contributed by atoms with E-state index in [0.717, 1.165) is 0 Å². The highest BCUT2D eigenvalue weighted by atomic mass is 16.5. The lowest BCUT2D eigenvalue weighted by molar-refractivity contribution is -0.139. The number of carbonyl (C=O) groups is 2. The molecule has 0 aliphatic carbocycles. The highest BCUT2D eigenvalue weighted by Gasteiger charge is 2.26. The minimum atomic E-state index is -0.841. The van der Waals surface area contributed by atoms with Crippen molar-refractivity contribution in [2.24, 2.45) is 5.92 Å². The maximum absolute atomic E-state index is 11.6. The Balaban J connectivity index is 3.88. The van der Waals surface area contributed by atoms with Crippen LogP contribution in [0.15, 0.2) is 0 Å². The molecule has 0 bridgehead atoms. The molecule has 0 saturated heterocycles. The molecule has 0 heterocycles. The van der Waals surface area contributed by atoms with Crippen LogP contribution in [0.4, 0.5) is 0 Å². The zero-order valence-corrected chi connectivity index (χ0v) is 10.4. The van der Waals surface area contributed by atoms with Crippen molar-refractivity contribution in [3.05, 3.63) is 0 Å². The number of rotatable bonds is 7. The lowest BCUT2D eigenvalue weighted by Crippen LogP contribution is -2.44. The summed E-state index contributed by atoms with van der Waals surface area (Å²) in [4.78, 5) is 21.9.